The van der Waals surface area contributed by atoms with Gasteiger partial charge in [0.15, 0.2) is 0 Å². The second kappa shape index (κ2) is 7.26. The van der Waals surface area contributed by atoms with Crippen LogP contribution in [0, 0.1) is 6.92 Å². The second-order valence-corrected chi connectivity index (χ2v) is 7.15. The summed E-state index contributed by atoms with van der Waals surface area (Å²) < 4.78 is 0.876. The molecule has 3 rings (SSSR count). The highest BCUT2D eigenvalue weighted by atomic mass is 79.9. The van der Waals surface area contributed by atoms with Crippen LogP contribution in [0.1, 0.15) is 35.2 Å². The van der Waals surface area contributed by atoms with Crippen LogP contribution in [0.15, 0.2) is 40.9 Å². The Balaban J connectivity index is 1.86. The van der Waals surface area contributed by atoms with Crippen LogP contribution in [0.4, 0.5) is 17.1 Å². The molecule has 5 heteroatoms. The fraction of sp³-hybridized carbons (Fsp3) is 0.316. The van der Waals surface area contributed by atoms with E-state index >= 15 is 0 Å². The summed E-state index contributed by atoms with van der Waals surface area (Å²) in [5, 5.41) is 2.95. The number of aryl methyl sites for hydroxylation is 1. The number of nitrogens with two attached hydrogens (primary N) is 1. The molecule has 1 heterocycles. The van der Waals surface area contributed by atoms with Gasteiger partial charge in [0.1, 0.15) is 0 Å². The van der Waals surface area contributed by atoms with E-state index in [0.29, 0.717) is 16.9 Å². The number of hydrogen-bond acceptors (Lipinski definition) is 3. The van der Waals surface area contributed by atoms with Gasteiger partial charge in [-0.05, 0) is 62.1 Å². The highest BCUT2D eigenvalue weighted by Gasteiger charge is 2.16. The molecule has 4 nitrogen and oxygen atoms in total. The summed E-state index contributed by atoms with van der Waals surface area (Å²) in [6, 6.07) is 11.3. The van der Waals surface area contributed by atoms with Crippen LogP contribution < -0.4 is 16.0 Å². The smallest absolute Gasteiger partial charge is 0.255 e. The van der Waals surface area contributed by atoms with E-state index in [1.165, 1.54) is 19.3 Å². The summed E-state index contributed by atoms with van der Waals surface area (Å²) in [5.74, 6) is -0.156. The lowest BCUT2D eigenvalue weighted by Crippen LogP contribution is -2.30. The molecule has 0 unspecified atom stereocenters. The Hall–Kier alpha value is -2.01. The van der Waals surface area contributed by atoms with Crippen molar-refractivity contribution >= 4 is 38.9 Å². The van der Waals surface area contributed by atoms with Crippen molar-refractivity contribution in [1.82, 2.24) is 0 Å². The van der Waals surface area contributed by atoms with Gasteiger partial charge in [-0.25, -0.2) is 0 Å². The van der Waals surface area contributed by atoms with Gasteiger partial charge in [-0.1, -0.05) is 22.0 Å². The Morgan fingerprint density at radius 3 is 2.62 bits per heavy atom. The van der Waals surface area contributed by atoms with E-state index in [0.717, 1.165) is 28.8 Å². The van der Waals surface area contributed by atoms with Gasteiger partial charge in [-0.2, -0.15) is 0 Å². The minimum absolute atomic E-state index is 0.156. The molecule has 1 fully saturated rings. The first-order valence-corrected chi connectivity index (χ1v) is 9.06. The van der Waals surface area contributed by atoms with Gasteiger partial charge in [-0.3, -0.25) is 4.79 Å². The van der Waals surface area contributed by atoms with Crippen LogP contribution in [-0.4, -0.2) is 19.0 Å². The van der Waals surface area contributed by atoms with Crippen LogP contribution in [0.25, 0.3) is 0 Å². The SMILES string of the molecule is Cc1cc(N)c(NC(=O)c2cccc(Br)c2)cc1N1CCCCC1. The Kier molecular flexibility index (Phi) is 5.09. The number of nitrogens with one attached hydrogen (secondary N) is 1. The van der Waals surface area contributed by atoms with Gasteiger partial charge < -0.3 is 16.0 Å². The molecule has 1 aliphatic heterocycles. The van der Waals surface area contributed by atoms with Gasteiger partial charge in [0.2, 0.25) is 0 Å². The predicted octanol–water partition coefficient (Wildman–Crippen LogP) is 4.58. The van der Waals surface area contributed by atoms with E-state index in [1.807, 2.05) is 24.3 Å². The Labute approximate surface area is 151 Å². The Morgan fingerprint density at radius 1 is 1.17 bits per heavy atom. The van der Waals surface area contributed by atoms with E-state index in [1.54, 1.807) is 12.1 Å². The number of hydrogen-bond donors (Lipinski definition) is 2. The molecule has 0 aromatic heterocycles. The van der Waals surface area contributed by atoms with E-state index in [9.17, 15) is 4.79 Å². The number of anilines is 3. The summed E-state index contributed by atoms with van der Waals surface area (Å²) in [6.45, 7) is 4.19. The third-order valence-electron chi connectivity index (χ3n) is 4.40. The summed E-state index contributed by atoms with van der Waals surface area (Å²) in [6.07, 6.45) is 3.71. The van der Waals surface area contributed by atoms with Crippen molar-refractivity contribution in [3.05, 3.63) is 52.0 Å². The van der Waals surface area contributed by atoms with E-state index < -0.39 is 0 Å². The largest absolute Gasteiger partial charge is 0.397 e. The van der Waals surface area contributed by atoms with Crippen molar-refractivity contribution in [2.45, 2.75) is 26.2 Å². The van der Waals surface area contributed by atoms with Gasteiger partial charge in [0.25, 0.3) is 5.91 Å². The average Bonchev–Trinajstić information content (AvgIpc) is 2.58. The van der Waals surface area contributed by atoms with E-state index in [2.05, 4.69) is 33.1 Å². The molecule has 0 saturated carbocycles. The lowest BCUT2D eigenvalue weighted by molar-refractivity contribution is 0.102. The number of carbonyl (C=O) groups is 1. The lowest BCUT2D eigenvalue weighted by Gasteiger charge is -2.31. The molecule has 24 heavy (non-hydrogen) atoms. The number of piperidine rings is 1. The maximum Gasteiger partial charge on any atom is 0.255 e. The molecule has 0 spiro atoms. The van der Waals surface area contributed by atoms with Crippen molar-refractivity contribution in [3.8, 4) is 0 Å². The molecule has 1 aliphatic rings. The van der Waals surface area contributed by atoms with Crippen molar-refractivity contribution in [2.24, 2.45) is 0 Å². The number of amides is 1. The molecule has 3 N–H and O–H groups in total. The first kappa shape index (κ1) is 16.8. The number of rotatable bonds is 3. The summed E-state index contributed by atoms with van der Waals surface area (Å²) in [7, 11) is 0. The fourth-order valence-corrected chi connectivity index (χ4v) is 3.53. The number of nitrogen functional groups attached to an aromatic ring is 1. The van der Waals surface area contributed by atoms with Crippen molar-refractivity contribution in [1.29, 1.82) is 0 Å². The fourth-order valence-electron chi connectivity index (χ4n) is 3.13. The van der Waals surface area contributed by atoms with Crippen LogP contribution in [-0.2, 0) is 0 Å². The topological polar surface area (TPSA) is 58.4 Å². The molecule has 1 amide bonds. The molecule has 0 atom stereocenters. The molecule has 0 aliphatic carbocycles. The minimum atomic E-state index is -0.156. The zero-order valence-electron chi connectivity index (χ0n) is 13.8. The van der Waals surface area contributed by atoms with E-state index in [-0.39, 0.29) is 5.91 Å². The zero-order valence-corrected chi connectivity index (χ0v) is 15.4. The van der Waals surface area contributed by atoms with Crippen molar-refractivity contribution in [2.75, 3.05) is 29.0 Å². The molecule has 0 bridgehead atoms. The summed E-state index contributed by atoms with van der Waals surface area (Å²) in [4.78, 5) is 14.9. The average molecular weight is 388 g/mol. The Morgan fingerprint density at radius 2 is 1.92 bits per heavy atom. The quantitative estimate of drug-likeness (QED) is 0.757. The van der Waals surface area contributed by atoms with E-state index in [4.69, 9.17) is 5.73 Å². The number of benzene rings is 2. The first-order chi connectivity index (χ1) is 11.5. The number of carbonyl (C=O) groups excluding carboxylic acids is 1. The molecule has 2 aromatic carbocycles. The second-order valence-electron chi connectivity index (χ2n) is 6.24. The number of nitrogens with zero attached hydrogens (tertiary/aromatic N) is 1. The molecule has 0 radical (unpaired) electrons. The summed E-state index contributed by atoms with van der Waals surface area (Å²) in [5.41, 5.74) is 10.3. The summed E-state index contributed by atoms with van der Waals surface area (Å²) >= 11 is 3.39. The van der Waals surface area contributed by atoms with Crippen LogP contribution in [0.3, 0.4) is 0 Å². The van der Waals surface area contributed by atoms with Crippen LogP contribution in [0.5, 0.6) is 0 Å². The van der Waals surface area contributed by atoms with Gasteiger partial charge in [0.05, 0.1) is 11.4 Å². The maximum absolute atomic E-state index is 12.5. The minimum Gasteiger partial charge on any atom is -0.397 e. The molecular formula is C19H22BrN3O. The molecular weight excluding hydrogens is 366 g/mol. The normalized spacial score (nSPS) is 14.5. The van der Waals surface area contributed by atoms with Gasteiger partial charge in [0, 0.05) is 28.8 Å². The first-order valence-electron chi connectivity index (χ1n) is 8.26. The highest BCUT2D eigenvalue weighted by Crippen LogP contribution is 2.31. The predicted molar refractivity (Wildman–Crippen MR) is 104 cm³/mol. The molecule has 126 valence electrons. The molecule has 2 aromatic rings. The number of halogens is 1. The van der Waals surface area contributed by atoms with Crippen molar-refractivity contribution < 1.29 is 4.79 Å². The highest BCUT2D eigenvalue weighted by molar-refractivity contribution is 9.10. The monoisotopic (exact) mass is 387 g/mol. The van der Waals surface area contributed by atoms with Crippen LogP contribution >= 0.6 is 15.9 Å². The van der Waals surface area contributed by atoms with Gasteiger partial charge in [-0.15, -0.1) is 0 Å². The zero-order chi connectivity index (χ0) is 17.1. The lowest BCUT2D eigenvalue weighted by atomic mass is 10.1. The Bertz CT molecular complexity index is 754. The maximum atomic E-state index is 12.5. The van der Waals surface area contributed by atoms with Crippen LogP contribution in [0.2, 0.25) is 0 Å². The molecule has 1 saturated heterocycles. The van der Waals surface area contributed by atoms with Crippen molar-refractivity contribution in [3.63, 3.8) is 0 Å². The third kappa shape index (κ3) is 3.73. The third-order valence-corrected chi connectivity index (χ3v) is 4.89. The van der Waals surface area contributed by atoms with Gasteiger partial charge >= 0.3 is 0 Å². The standard InChI is InChI=1S/C19H22BrN3O/c1-13-10-16(21)17(12-18(13)23-8-3-2-4-9-23)22-19(24)14-6-5-7-15(20)11-14/h5-7,10-12H,2-4,8-9,21H2,1H3,(H,22,24).